The third kappa shape index (κ3) is 3.71. The highest BCUT2D eigenvalue weighted by Crippen LogP contribution is 2.27. The molecule has 1 rings (SSSR count). The number of hydrogen-bond acceptors (Lipinski definition) is 3. The van der Waals surface area contributed by atoms with E-state index in [0.717, 1.165) is 5.69 Å². The number of aryl methyl sites for hydroxylation is 1. The Labute approximate surface area is 96.0 Å². The van der Waals surface area contributed by atoms with Crippen LogP contribution in [0.25, 0.3) is 0 Å². The highest BCUT2D eigenvalue weighted by Gasteiger charge is 2.07. The minimum absolute atomic E-state index is 0. The molecule has 0 spiro atoms. The predicted octanol–water partition coefficient (Wildman–Crippen LogP) is 3.46. The Hall–Kier alpha value is 0.01000. The number of hydrogen-bond donors (Lipinski definition) is 1. The number of nitrogens with one attached hydrogen (secondary N) is 1. The number of halogens is 2. The Kier molecular flexibility index (Phi) is 7.69. The summed E-state index contributed by atoms with van der Waals surface area (Å²) in [5.74, 6) is 0.542. The monoisotopic (exact) mass is 242 g/mol. The molecule has 5 heteroatoms. The lowest BCUT2D eigenvalue weighted by Gasteiger charge is -1.95. The number of thiazole rings is 1. The second kappa shape index (κ2) is 6.46. The maximum Gasteiger partial charge on any atom is 0.111 e. The van der Waals surface area contributed by atoms with E-state index in [1.54, 1.807) is 11.3 Å². The van der Waals surface area contributed by atoms with Crippen molar-refractivity contribution in [2.24, 2.45) is 0 Å². The van der Waals surface area contributed by atoms with Gasteiger partial charge in [0.1, 0.15) is 5.00 Å². The molecule has 1 N–H and O–H groups in total. The fourth-order valence-corrected chi connectivity index (χ4v) is 1.82. The lowest BCUT2D eigenvalue weighted by Crippen LogP contribution is -1.86. The van der Waals surface area contributed by atoms with Gasteiger partial charge >= 0.3 is 0 Å². The molecule has 0 fully saturated rings. The van der Waals surface area contributed by atoms with Crippen LogP contribution in [0.15, 0.2) is 0 Å². The lowest BCUT2D eigenvalue weighted by molar-refractivity contribution is 0.847. The quantitative estimate of drug-likeness (QED) is 0.860. The molecule has 1 heterocycles. The van der Waals surface area contributed by atoms with Gasteiger partial charge in [0.2, 0.25) is 0 Å². The largest absolute Gasteiger partial charge is 0.378 e. The van der Waals surface area contributed by atoms with Crippen LogP contribution in [-0.2, 0) is 0 Å². The minimum atomic E-state index is 0. The fourth-order valence-electron chi connectivity index (χ4n) is 0.896. The van der Waals surface area contributed by atoms with Crippen LogP contribution in [0, 0.1) is 6.92 Å². The summed E-state index contributed by atoms with van der Waals surface area (Å²) < 4.78 is 0. The summed E-state index contributed by atoms with van der Waals surface area (Å²) in [5.41, 5.74) is 1.11. The minimum Gasteiger partial charge on any atom is -0.378 e. The first-order chi connectivity index (χ1) is 5.15. The zero-order chi connectivity index (χ0) is 8.43. The van der Waals surface area contributed by atoms with Crippen molar-refractivity contribution in [1.29, 1.82) is 0 Å². The van der Waals surface area contributed by atoms with Gasteiger partial charge in [-0.25, -0.2) is 4.98 Å². The smallest absolute Gasteiger partial charge is 0.111 e. The summed E-state index contributed by atoms with van der Waals surface area (Å²) in [6.45, 7) is 6.36. The van der Waals surface area contributed by atoms with Crippen LogP contribution in [0.1, 0.15) is 30.5 Å². The zero-order valence-corrected chi connectivity index (χ0v) is 10.7. The van der Waals surface area contributed by atoms with Crippen molar-refractivity contribution in [3.05, 3.63) is 10.7 Å². The van der Waals surface area contributed by atoms with Gasteiger partial charge in [-0.05, 0) is 6.92 Å². The molecule has 0 amide bonds. The molecular weight excluding hydrogens is 227 g/mol. The molecule has 13 heavy (non-hydrogen) atoms. The van der Waals surface area contributed by atoms with Crippen molar-refractivity contribution >= 4 is 41.2 Å². The standard InChI is InChI=1S/C8H14N2S.2ClH/c1-5(2)7-10-6(3)8(9-4)11-7;;/h5,9H,1-4H3;2*1H. The SMILES string of the molecule is CNc1sc(C(C)C)nc1C.Cl.Cl. The molecule has 0 saturated carbocycles. The van der Waals surface area contributed by atoms with Gasteiger partial charge in [0.15, 0.2) is 0 Å². The van der Waals surface area contributed by atoms with E-state index in [1.807, 2.05) is 14.0 Å². The normalized spacial score (nSPS) is 9.00. The van der Waals surface area contributed by atoms with Crippen LogP contribution >= 0.6 is 36.2 Å². The van der Waals surface area contributed by atoms with Crippen LogP contribution in [0.2, 0.25) is 0 Å². The number of rotatable bonds is 2. The van der Waals surface area contributed by atoms with Crippen LogP contribution < -0.4 is 5.32 Å². The van der Waals surface area contributed by atoms with Gasteiger partial charge in [-0.2, -0.15) is 0 Å². The average molecular weight is 243 g/mol. The van der Waals surface area contributed by atoms with Crippen molar-refractivity contribution in [3.8, 4) is 0 Å². The van der Waals surface area contributed by atoms with Gasteiger partial charge in [-0.1, -0.05) is 13.8 Å². The average Bonchev–Trinajstić information content (AvgIpc) is 2.31. The molecule has 0 aliphatic rings. The summed E-state index contributed by atoms with van der Waals surface area (Å²) in [6.07, 6.45) is 0. The molecule has 0 aliphatic heterocycles. The van der Waals surface area contributed by atoms with Crippen molar-refractivity contribution in [3.63, 3.8) is 0 Å². The van der Waals surface area contributed by atoms with Crippen LogP contribution in [-0.4, -0.2) is 12.0 Å². The van der Waals surface area contributed by atoms with Gasteiger partial charge in [0.05, 0.1) is 10.7 Å². The number of aromatic nitrogens is 1. The predicted molar refractivity (Wildman–Crippen MR) is 65.0 cm³/mol. The maximum absolute atomic E-state index is 4.44. The van der Waals surface area contributed by atoms with Crippen LogP contribution in [0.3, 0.4) is 0 Å². The Morgan fingerprint density at radius 3 is 2.08 bits per heavy atom. The van der Waals surface area contributed by atoms with Crippen molar-refractivity contribution in [2.45, 2.75) is 26.7 Å². The Morgan fingerprint density at radius 1 is 1.31 bits per heavy atom. The number of nitrogens with zero attached hydrogens (tertiary/aromatic N) is 1. The van der Waals surface area contributed by atoms with Gasteiger partial charge in [-0.15, -0.1) is 36.2 Å². The highest BCUT2D eigenvalue weighted by atomic mass is 35.5. The van der Waals surface area contributed by atoms with Crippen molar-refractivity contribution < 1.29 is 0 Å². The van der Waals surface area contributed by atoms with E-state index in [0.29, 0.717) is 5.92 Å². The fraction of sp³-hybridized carbons (Fsp3) is 0.625. The summed E-state index contributed by atoms with van der Waals surface area (Å²) >= 11 is 1.75. The molecule has 0 aliphatic carbocycles. The van der Waals surface area contributed by atoms with Gasteiger partial charge in [0, 0.05) is 13.0 Å². The van der Waals surface area contributed by atoms with Gasteiger partial charge < -0.3 is 5.32 Å². The van der Waals surface area contributed by atoms with E-state index < -0.39 is 0 Å². The first kappa shape index (κ1) is 15.5. The Balaban J connectivity index is 0. The molecule has 0 bridgehead atoms. The molecule has 1 aromatic heterocycles. The molecule has 2 nitrogen and oxygen atoms in total. The summed E-state index contributed by atoms with van der Waals surface area (Å²) in [7, 11) is 1.94. The van der Waals surface area contributed by atoms with E-state index >= 15 is 0 Å². The first-order valence-electron chi connectivity index (χ1n) is 3.80. The molecule has 0 atom stereocenters. The second-order valence-corrected chi connectivity index (χ2v) is 3.90. The Bertz CT molecular complexity index is 248. The van der Waals surface area contributed by atoms with Crippen LogP contribution in [0.4, 0.5) is 5.00 Å². The molecular formula is C8H16Cl2N2S. The van der Waals surface area contributed by atoms with E-state index in [-0.39, 0.29) is 24.8 Å². The van der Waals surface area contributed by atoms with Gasteiger partial charge in [-0.3, -0.25) is 0 Å². The van der Waals surface area contributed by atoms with Gasteiger partial charge in [0.25, 0.3) is 0 Å². The molecule has 0 saturated heterocycles. The molecule has 78 valence electrons. The first-order valence-corrected chi connectivity index (χ1v) is 4.62. The van der Waals surface area contributed by atoms with Crippen molar-refractivity contribution in [2.75, 3.05) is 12.4 Å². The molecule has 0 aromatic carbocycles. The van der Waals surface area contributed by atoms with Crippen LogP contribution in [0.5, 0.6) is 0 Å². The molecule has 0 radical (unpaired) electrons. The third-order valence-electron chi connectivity index (χ3n) is 1.53. The highest BCUT2D eigenvalue weighted by molar-refractivity contribution is 7.15. The zero-order valence-electron chi connectivity index (χ0n) is 8.25. The molecule has 0 unspecified atom stereocenters. The summed E-state index contributed by atoms with van der Waals surface area (Å²) in [6, 6.07) is 0. The summed E-state index contributed by atoms with van der Waals surface area (Å²) in [4.78, 5) is 4.44. The maximum atomic E-state index is 4.44. The second-order valence-electron chi connectivity index (χ2n) is 2.87. The summed E-state index contributed by atoms with van der Waals surface area (Å²) in [5, 5.41) is 5.53. The van der Waals surface area contributed by atoms with E-state index in [1.165, 1.54) is 10.0 Å². The van der Waals surface area contributed by atoms with Crippen molar-refractivity contribution in [1.82, 2.24) is 4.98 Å². The van der Waals surface area contributed by atoms with E-state index in [2.05, 4.69) is 24.1 Å². The topological polar surface area (TPSA) is 24.9 Å². The Morgan fingerprint density at radius 2 is 1.85 bits per heavy atom. The third-order valence-corrected chi connectivity index (χ3v) is 3.01. The lowest BCUT2D eigenvalue weighted by atomic mass is 10.2. The van der Waals surface area contributed by atoms with E-state index in [9.17, 15) is 0 Å². The molecule has 1 aromatic rings. The van der Waals surface area contributed by atoms with E-state index in [4.69, 9.17) is 0 Å². The number of anilines is 1.